The first-order valence-electron chi connectivity index (χ1n) is 8.05. The highest BCUT2D eigenvalue weighted by atomic mass is 16.5. The molecule has 23 heavy (non-hydrogen) atoms. The lowest BCUT2D eigenvalue weighted by molar-refractivity contribution is -0.136. The second-order valence-corrected chi connectivity index (χ2v) is 6.45. The Morgan fingerprint density at radius 3 is 2.96 bits per heavy atom. The van der Waals surface area contributed by atoms with E-state index in [2.05, 4.69) is 9.88 Å². The average Bonchev–Trinajstić information content (AvgIpc) is 2.60. The maximum Gasteiger partial charge on any atom is 0.150 e. The van der Waals surface area contributed by atoms with Crippen LogP contribution in [0.2, 0.25) is 0 Å². The molecule has 0 spiro atoms. The number of ether oxygens (including phenoxy) is 1. The van der Waals surface area contributed by atoms with E-state index in [4.69, 9.17) is 4.74 Å². The summed E-state index contributed by atoms with van der Waals surface area (Å²) in [7, 11) is 1.63. The van der Waals surface area contributed by atoms with Gasteiger partial charge >= 0.3 is 0 Å². The van der Waals surface area contributed by atoms with Gasteiger partial charge in [0.2, 0.25) is 0 Å². The number of aromatic nitrogens is 1. The molecule has 3 saturated heterocycles. The van der Waals surface area contributed by atoms with E-state index in [1.165, 1.54) is 0 Å². The normalized spacial score (nSPS) is 28.1. The number of methoxy groups -OCH3 is 1. The first-order chi connectivity index (χ1) is 11.2. The lowest BCUT2D eigenvalue weighted by Crippen LogP contribution is -2.55. The molecule has 3 aliphatic heterocycles. The average molecular weight is 312 g/mol. The van der Waals surface area contributed by atoms with Crippen LogP contribution in [0.5, 0.6) is 5.75 Å². The minimum absolute atomic E-state index is 0.00301. The Labute approximate surface area is 134 Å². The summed E-state index contributed by atoms with van der Waals surface area (Å²) in [6.45, 7) is 1.36. The second-order valence-electron chi connectivity index (χ2n) is 6.45. The molecule has 0 radical (unpaired) electrons. The first-order valence-corrected chi connectivity index (χ1v) is 8.05. The number of ketones is 1. The van der Waals surface area contributed by atoms with Crippen molar-refractivity contribution in [3.05, 3.63) is 36.0 Å². The van der Waals surface area contributed by atoms with Crippen LogP contribution < -0.4 is 4.74 Å². The van der Waals surface area contributed by atoms with Gasteiger partial charge in [-0.2, -0.15) is 0 Å². The van der Waals surface area contributed by atoms with Gasteiger partial charge in [-0.15, -0.1) is 0 Å². The van der Waals surface area contributed by atoms with Gasteiger partial charge in [-0.3, -0.25) is 14.7 Å². The van der Waals surface area contributed by atoms with Crippen LogP contribution in [0.4, 0.5) is 0 Å². The highest BCUT2D eigenvalue weighted by Crippen LogP contribution is 2.38. The summed E-state index contributed by atoms with van der Waals surface area (Å²) in [5.41, 5.74) is 1.70. The van der Waals surface area contributed by atoms with Crippen molar-refractivity contribution >= 4 is 16.7 Å². The maximum absolute atomic E-state index is 11.9. The summed E-state index contributed by atoms with van der Waals surface area (Å²) in [6, 6.07) is 7.57. The monoisotopic (exact) mass is 312 g/mol. The summed E-state index contributed by atoms with van der Waals surface area (Å²) in [5.74, 6) is 1.18. The molecule has 3 fully saturated rings. The fourth-order valence-electron chi connectivity index (χ4n) is 3.93. The number of carbonyl (C=O) groups excluding carboxylic acids is 1. The van der Waals surface area contributed by atoms with E-state index in [0.717, 1.165) is 41.6 Å². The molecule has 1 unspecified atom stereocenters. The van der Waals surface area contributed by atoms with Gasteiger partial charge in [-0.25, -0.2) is 0 Å². The highest BCUT2D eigenvalue weighted by Gasteiger charge is 2.42. The Kier molecular flexibility index (Phi) is 3.54. The van der Waals surface area contributed by atoms with Gasteiger partial charge < -0.3 is 9.84 Å². The number of aliphatic hydroxyl groups excluding tert-OH is 1. The molecule has 0 saturated carbocycles. The Balaban J connectivity index is 1.72. The largest absolute Gasteiger partial charge is 0.497 e. The van der Waals surface area contributed by atoms with Crippen molar-refractivity contribution in [1.82, 2.24) is 9.88 Å². The van der Waals surface area contributed by atoms with E-state index >= 15 is 0 Å². The van der Waals surface area contributed by atoms with Crippen LogP contribution >= 0.6 is 0 Å². The molecule has 3 aliphatic rings. The fraction of sp³-hybridized carbons (Fsp3) is 0.444. The number of carbonyl (C=O) groups is 1. The molecule has 1 aromatic carbocycles. The molecule has 5 heteroatoms. The summed E-state index contributed by atoms with van der Waals surface area (Å²) >= 11 is 0. The zero-order valence-electron chi connectivity index (χ0n) is 13.1. The molecule has 0 amide bonds. The molecular weight excluding hydrogens is 292 g/mol. The Bertz CT molecular complexity index is 761. The number of benzene rings is 1. The van der Waals surface area contributed by atoms with Crippen molar-refractivity contribution < 1.29 is 14.6 Å². The lowest BCUT2D eigenvalue weighted by atomic mass is 9.79. The number of aliphatic hydroxyl groups is 1. The summed E-state index contributed by atoms with van der Waals surface area (Å²) < 4.78 is 5.30. The summed E-state index contributed by atoms with van der Waals surface area (Å²) in [5, 5.41) is 11.9. The predicted octanol–water partition coefficient (Wildman–Crippen LogP) is 1.94. The Hall–Kier alpha value is -1.98. The predicted molar refractivity (Wildman–Crippen MR) is 86.3 cm³/mol. The second kappa shape index (κ2) is 5.58. The van der Waals surface area contributed by atoms with Gasteiger partial charge in [0.05, 0.1) is 25.3 Å². The van der Waals surface area contributed by atoms with Crippen LogP contribution in [0.15, 0.2) is 30.5 Å². The number of nitrogens with zero attached hydrogens (tertiary/aromatic N) is 2. The van der Waals surface area contributed by atoms with Gasteiger partial charge in [0.15, 0.2) is 0 Å². The van der Waals surface area contributed by atoms with Crippen molar-refractivity contribution in [1.29, 1.82) is 0 Å². The minimum atomic E-state index is -0.622. The third-order valence-electron chi connectivity index (χ3n) is 5.24. The standard InChI is InChI=1S/C18H20N2O3/c1-23-12-2-3-15-14(9-12)13(4-6-19-15)18(22)16-8-11-5-7-20(16)10-17(11)21/h2-4,6,9,11,16,18,22H,5,7-8,10H2,1H3/t11-,16-,18+/m0/s1. The van der Waals surface area contributed by atoms with Crippen molar-refractivity contribution in [3.63, 3.8) is 0 Å². The van der Waals surface area contributed by atoms with Crippen molar-refractivity contribution in [3.8, 4) is 5.75 Å². The number of hydrogen-bond donors (Lipinski definition) is 1. The molecule has 120 valence electrons. The lowest BCUT2D eigenvalue weighted by Gasteiger charge is -2.46. The van der Waals surface area contributed by atoms with Crippen LogP contribution in [-0.4, -0.2) is 47.0 Å². The first kappa shape index (κ1) is 14.6. The van der Waals surface area contributed by atoms with Gasteiger partial charge in [0, 0.05) is 23.5 Å². The van der Waals surface area contributed by atoms with Crippen LogP contribution in [0.3, 0.4) is 0 Å². The van der Waals surface area contributed by atoms with Gasteiger partial charge in [0.1, 0.15) is 11.5 Å². The minimum Gasteiger partial charge on any atom is -0.497 e. The number of hydrogen-bond acceptors (Lipinski definition) is 5. The number of piperidine rings is 3. The molecule has 4 atom stereocenters. The van der Waals surface area contributed by atoms with Gasteiger partial charge in [-0.05, 0) is 49.2 Å². The van der Waals surface area contributed by atoms with Crippen LogP contribution in [0.25, 0.3) is 10.9 Å². The number of pyridine rings is 1. The zero-order valence-corrected chi connectivity index (χ0v) is 13.1. The molecule has 5 nitrogen and oxygen atoms in total. The third-order valence-corrected chi connectivity index (χ3v) is 5.24. The molecule has 2 bridgehead atoms. The van der Waals surface area contributed by atoms with Crippen LogP contribution in [-0.2, 0) is 4.79 Å². The van der Waals surface area contributed by atoms with Gasteiger partial charge in [0.25, 0.3) is 0 Å². The smallest absolute Gasteiger partial charge is 0.150 e. The van der Waals surface area contributed by atoms with Crippen molar-refractivity contribution in [2.24, 2.45) is 5.92 Å². The third kappa shape index (κ3) is 2.40. The topological polar surface area (TPSA) is 62.7 Å². The highest BCUT2D eigenvalue weighted by molar-refractivity contribution is 5.85. The molecule has 1 N–H and O–H groups in total. The van der Waals surface area contributed by atoms with E-state index in [0.29, 0.717) is 12.3 Å². The fourth-order valence-corrected chi connectivity index (χ4v) is 3.93. The van der Waals surface area contributed by atoms with Crippen LogP contribution in [0, 0.1) is 5.92 Å². The van der Waals surface area contributed by atoms with E-state index in [9.17, 15) is 9.90 Å². The quantitative estimate of drug-likeness (QED) is 0.938. The summed E-state index contributed by atoms with van der Waals surface area (Å²) in [4.78, 5) is 18.4. The molecule has 2 aromatic rings. The molecule has 0 aliphatic carbocycles. The molecule has 1 aromatic heterocycles. The maximum atomic E-state index is 11.9. The number of Topliss-reactive ketones (excluding diaryl/α,β-unsaturated/α-hetero) is 1. The van der Waals surface area contributed by atoms with E-state index in [1.807, 2.05) is 24.3 Å². The molecule has 4 heterocycles. The summed E-state index contributed by atoms with van der Waals surface area (Å²) in [6.07, 6.45) is 2.78. The van der Waals surface area contributed by atoms with Crippen LogP contribution in [0.1, 0.15) is 24.5 Å². The van der Waals surface area contributed by atoms with E-state index < -0.39 is 6.10 Å². The van der Waals surface area contributed by atoms with Crippen molar-refractivity contribution in [2.75, 3.05) is 20.2 Å². The zero-order chi connectivity index (χ0) is 16.0. The Morgan fingerprint density at radius 1 is 1.39 bits per heavy atom. The molecule has 5 rings (SSSR count). The van der Waals surface area contributed by atoms with Crippen molar-refractivity contribution in [2.45, 2.75) is 25.0 Å². The van der Waals surface area contributed by atoms with E-state index in [-0.39, 0.29) is 12.0 Å². The molecular formula is C18H20N2O3. The van der Waals surface area contributed by atoms with E-state index in [1.54, 1.807) is 13.3 Å². The number of fused-ring (bicyclic) bond motifs is 4. The SMILES string of the molecule is COc1ccc2nccc([C@@H](O)[C@@H]3C[C@@H]4CCN3CC4=O)c2c1. The van der Waals surface area contributed by atoms with Gasteiger partial charge in [-0.1, -0.05) is 0 Å². The number of rotatable bonds is 3. The Morgan fingerprint density at radius 2 is 2.26 bits per heavy atom.